The van der Waals surface area contributed by atoms with Crippen molar-refractivity contribution >= 4 is 9.47 Å². The largest absolute Gasteiger partial charge is 0.364 e. The van der Waals surface area contributed by atoms with Crippen LogP contribution in [-0.4, -0.2) is 6.61 Å². The third-order valence-electron chi connectivity index (χ3n) is 0.835. The summed E-state index contributed by atoms with van der Waals surface area (Å²) in [5.74, 6) is 2.60. The Hall–Kier alpha value is -0.0500. The summed E-state index contributed by atoms with van der Waals surface area (Å²) in [6.45, 7) is 4.50. The molecule has 1 atom stereocenters. The zero-order valence-electron chi connectivity index (χ0n) is 5.27. The van der Waals surface area contributed by atoms with Crippen molar-refractivity contribution in [2.75, 3.05) is 6.61 Å². The maximum atomic E-state index is 5.15. The minimum absolute atomic E-state index is 0.123. The van der Waals surface area contributed by atoms with Crippen LogP contribution < -0.4 is 0 Å². The average molecular weight is 130 g/mol. The van der Waals surface area contributed by atoms with Crippen LogP contribution in [0.4, 0.5) is 0 Å². The highest BCUT2D eigenvalue weighted by Gasteiger charge is 2.11. The van der Waals surface area contributed by atoms with Crippen molar-refractivity contribution in [3.05, 3.63) is 0 Å². The van der Waals surface area contributed by atoms with Crippen LogP contribution in [0.3, 0.4) is 0 Å². The van der Waals surface area contributed by atoms with Crippen LogP contribution in [0.2, 0.25) is 0 Å². The molecular formula is C6H11OP. The predicted octanol–water partition coefficient (Wildman–Crippen LogP) is 1.45. The minimum atomic E-state index is -0.123. The molecule has 0 radical (unpaired) electrons. The summed E-state index contributed by atoms with van der Waals surface area (Å²) in [4.78, 5) is 0. The molecule has 0 aromatic carbocycles. The molecule has 0 spiro atoms. The molecule has 0 fully saturated rings. The summed E-state index contributed by atoms with van der Waals surface area (Å²) in [6.07, 6.45) is 5.15. The predicted molar refractivity (Wildman–Crippen MR) is 38.3 cm³/mol. The van der Waals surface area contributed by atoms with Gasteiger partial charge in [-0.1, -0.05) is 5.92 Å². The maximum absolute atomic E-state index is 5.15. The molecular weight excluding hydrogens is 119 g/mol. The summed E-state index contributed by atoms with van der Waals surface area (Å²) in [6, 6.07) is 0. The van der Waals surface area contributed by atoms with E-state index in [-0.39, 0.29) is 5.41 Å². The quantitative estimate of drug-likeness (QED) is 0.406. The van der Waals surface area contributed by atoms with Crippen LogP contribution in [0.1, 0.15) is 13.8 Å². The Morgan fingerprint density at radius 2 is 2.25 bits per heavy atom. The van der Waals surface area contributed by atoms with Crippen molar-refractivity contribution in [2.45, 2.75) is 13.8 Å². The normalized spacial score (nSPS) is 10.8. The fraction of sp³-hybridized carbons (Fsp3) is 0.667. The second-order valence-electron chi connectivity index (χ2n) is 2.34. The van der Waals surface area contributed by atoms with Crippen molar-refractivity contribution < 1.29 is 4.52 Å². The average Bonchev–Trinajstić information content (AvgIpc) is 1.67. The summed E-state index contributed by atoms with van der Waals surface area (Å²) < 4.78 is 4.77. The molecule has 0 aliphatic rings. The zero-order valence-corrected chi connectivity index (χ0v) is 6.42. The fourth-order valence-corrected chi connectivity index (χ4v) is 0.667. The second kappa shape index (κ2) is 3.07. The SMILES string of the molecule is C#CC(C)(C)COP. The van der Waals surface area contributed by atoms with Crippen LogP contribution in [0.15, 0.2) is 0 Å². The Morgan fingerprint density at radius 1 is 1.75 bits per heavy atom. The molecule has 0 bridgehead atoms. The summed E-state index contributed by atoms with van der Waals surface area (Å²) in [5, 5.41) is 0. The summed E-state index contributed by atoms with van der Waals surface area (Å²) in [7, 11) is 2.18. The van der Waals surface area contributed by atoms with E-state index in [0.29, 0.717) is 6.61 Å². The molecule has 0 saturated carbocycles. The summed E-state index contributed by atoms with van der Waals surface area (Å²) >= 11 is 0. The van der Waals surface area contributed by atoms with E-state index in [1.807, 2.05) is 13.8 Å². The lowest BCUT2D eigenvalue weighted by molar-refractivity contribution is 0.263. The highest BCUT2D eigenvalue weighted by atomic mass is 31.0. The van der Waals surface area contributed by atoms with Crippen LogP contribution in [0, 0.1) is 17.8 Å². The van der Waals surface area contributed by atoms with Crippen LogP contribution in [0.5, 0.6) is 0 Å². The van der Waals surface area contributed by atoms with E-state index in [4.69, 9.17) is 10.9 Å². The van der Waals surface area contributed by atoms with Crippen molar-refractivity contribution in [2.24, 2.45) is 5.41 Å². The molecule has 46 valence electrons. The molecule has 2 heteroatoms. The number of rotatable bonds is 2. The van der Waals surface area contributed by atoms with Gasteiger partial charge in [-0.2, -0.15) is 0 Å². The topological polar surface area (TPSA) is 9.23 Å². The van der Waals surface area contributed by atoms with E-state index < -0.39 is 0 Å². The third-order valence-corrected chi connectivity index (χ3v) is 1.00. The Morgan fingerprint density at radius 3 is 2.38 bits per heavy atom. The van der Waals surface area contributed by atoms with Crippen LogP contribution in [-0.2, 0) is 4.52 Å². The lowest BCUT2D eigenvalue weighted by Crippen LogP contribution is -2.13. The van der Waals surface area contributed by atoms with Gasteiger partial charge in [0.1, 0.15) is 0 Å². The molecule has 0 aliphatic carbocycles. The molecule has 0 saturated heterocycles. The van der Waals surface area contributed by atoms with E-state index in [1.165, 1.54) is 0 Å². The van der Waals surface area contributed by atoms with E-state index in [2.05, 4.69) is 15.4 Å². The van der Waals surface area contributed by atoms with Gasteiger partial charge in [0.05, 0.1) is 6.61 Å². The maximum Gasteiger partial charge on any atom is 0.0662 e. The van der Waals surface area contributed by atoms with Gasteiger partial charge in [0.2, 0.25) is 0 Å². The Bertz CT molecular complexity index is 102. The Labute approximate surface area is 53.1 Å². The fourth-order valence-electron chi connectivity index (χ4n) is 0.250. The lowest BCUT2D eigenvalue weighted by Gasteiger charge is -2.14. The first-order valence-corrected chi connectivity index (χ1v) is 2.89. The highest BCUT2D eigenvalue weighted by molar-refractivity contribution is 7.09. The molecule has 1 unspecified atom stereocenters. The van der Waals surface area contributed by atoms with Gasteiger partial charge in [-0.3, -0.25) is 0 Å². The first kappa shape index (κ1) is 7.95. The number of terminal acetylenes is 1. The molecule has 8 heavy (non-hydrogen) atoms. The standard InChI is InChI=1S/C6H11OP/c1-4-6(2,3)5-7-8/h1H,5,8H2,2-3H3. The molecule has 1 nitrogen and oxygen atoms in total. The number of hydrogen-bond acceptors (Lipinski definition) is 1. The Kier molecular flexibility index (Phi) is 3.05. The summed E-state index contributed by atoms with van der Waals surface area (Å²) in [5.41, 5.74) is -0.123. The van der Waals surface area contributed by atoms with Crippen molar-refractivity contribution in [1.82, 2.24) is 0 Å². The van der Waals surface area contributed by atoms with E-state index in [0.717, 1.165) is 0 Å². The van der Waals surface area contributed by atoms with Crippen molar-refractivity contribution in [3.8, 4) is 12.3 Å². The minimum Gasteiger partial charge on any atom is -0.364 e. The Balaban J connectivity index is 3.59. The molecule has 0 heterocycles. The van der Waals surface area contributed by atoms with E-state index in [9.17, 15) is 0 Å². The lowest BCUT2D eigenvalue weighted by atomic mass is 9.97. The van der Waals surface area contributed by atoms with Gasteiger partial charge < -0.3 is 4.52 Å². The molecule has 0 rings (SSSR count). The van der Waals surface area contributed by atoms with Crippen molar-refractivity contribution in [1.29, 1.82) is 0 Å². The van der Waals surface area contributed by atoms with E-state index in [1.54, 1.807) is 0 Å². The van der Waals surface area contributed by atoms with Gasteiger partial charge in [-0.15, -0.1) is 6.42 Å². The molecule has 0 amide bonds. The van der Waals surface area contributed by atoms with Gasteiger partial charge in [0.15, 0.2) is 0 Å². The smallest absolute Gasteiger partial charge is 0.0662 e. The van der Waals surface area contributed by atoms with Gasteiger partial charge in [0.25, 0.3) is 0 Å². The van der Waals surface area contributed by atoms with Crippen LogP contribution in [0.25, 0.3) is 0 Å². The molecule has 0 aliphatic heterocycles. The molecule has 0 N–H and O–H groups in total. The van der Waals surface area contributed by atoms with E-state index >= 15 is 0 Å². The number of hydrogen-bond donors (Lipinski definition) is 0. The van der Waals surface area contributed by atoms with Gasteiger partial charge in [-0.05, 0) is 13.8 Å². The monoisotopic (exact) mass is 130 g/mol. The highest BCUT2D eigenvalue weighted by Crippen LogP contribution is 2.13. The zero-order chi connectivity index (χ0) is 6.62. The first-order chi connectivity index (χ1) is 3.62. The van der Waals surface area contributed by atoms with Crippen LogP contribution >= 0.6 is 9.47 Å². The van der Waals surface area contributed by atoms with Gasteiger partial charge in [0, 0.05) is 14.9 Å². The van der Waals surface area contributed by atoms with Gasteiger partial charge in [-0.25, -0.2) is 0 Å². The van der Waals surface area contributed by atoms with Gasteiger partial charge >= 0.3 is 0 Å². The molecule has 0 aromatic rings. The van der Waals surface area contributed by atoms with Crippen molar-refractivity contribution in [3.63, 3.8) is 0 Å². The second-order valence-corrected chi connectivity index (χ2v) is 2.67. The third kappa shape index (κ3) is 3.02. The molecule has 0 aromatic heterocycles. The first-order valence-electron chi connectivity index (χ1n) is 2.42.